The molecule has 0 spiro atoms. The van der Waals surface area contributed by atoms with Crippen LogP contribution in [-0.4, -0.2) is 4.98 Å². The number of fused-ring (bicyclic) bond motifs is 1. The molecular formula is C14H11N2O. The fraction of sp³-hybridized carbons (Fsp3) is 0. The van der Waals surface area contributed by atoms with Gasteiger partial charge in [-0.05, 0) is 17.7 Å². The summed E-state index contributed by atoms with van der Waals surface area (Å²) in [6.07, 6.45) is 0. The summed E-state index contributed by atoms with van der Waals surface area (Å²) in [5.41, 5.74) is 2.72. The summed E-state index contributed by atoms with van der Waals surface area (Å²) in [6, 6.07) is 18.2. The smallest absolute Gasteiger partial charge is 0.296 e. The Kier molecular flexibility index (Phi) is 2.50. The van der Waals surface area contributed by atoms with Gasteiger partial charge in [-0.2, -0.15) is 4.98 Å². The maximum atomic E-state index is 5.54. The molecule has 1 N–H and O–H groups in total. The number of nitrogens with one attached hydrogen (secondary N) is 1. The Bertz CT molecular complexity index is 583. The first-order valence-corrected chi connectivity index (χ1v) is 5.42. The molecule has 0 saturated heterocycles. The summed E-state index contributed by atoms with van der Waals surface area (Å²) in [6.45, 7) is 1.87. The monoisotopic (exact) mass is 223 g/mol. The van der Waals surface area contributed by atoms with E-state index >= 15 is 0 Å². The molecule has 0 bridgehead atoms. The lowest BCUT2D eigenvalue weighted by Crippen LogP contribution is -1.95. The second-order valence-electron chi connectivity index (χ2n) is 3.69. The van der Waals surface area contributed by atoms with Crippen LogP contribution in [0.1, 0.15) is 5.56 Å². The number of rotatable bonds is 3. The van der Waals surface area contributed by atoms with Gasteiger partial charge < -0.3 is 9.73 Å². The van der Waals surface area contributed by atoms with E-state index in [-0.39, 0.29) is 0 Å². The van der Waals surface area contributed by atoms with Gasteiger partial charge >= 0.3 is 0 Å². The van der Waals surface area contributed by atoms with E-state index in [0.29, 0.717) is 6.01 Å². The molecule has 3 nitrogen and oxygen atoms in total. The third-order valence-corrected chi connectivity index (χ3v) is 2.46. The summed E-state index contributed by atoms with van der Waals surface area (Å²) in [5.74, 6) is 0. The summed E-state index contributed by atoms with van der Waals surface area (Å²) in [7, 11) is 0. The van der Waals surface area contributed by atoms with E-state index in [1.165, 1.54) is 0 Å². The Morgan fingerprint density at radius 3 is 2.53 bits per heavy atom. The van der Waals surface area contributed by atoms with E-state index in [1.54, 1.807) is 0 Å². The van der Waals surface area contributed by atoms with Gasteiger partial charge in [0.1, 0.15) is 5.52 Å². The van der Waals surface area contributed by atoms with Crippen molar-refractivity contribution in [3.63, 3.8) is 0 Å². The molecule has 0 aliphatic heterocycles. The molecule has 1 radical (unpaired) electrons. The van der Waals surface area contributed by atoms with Gasteiger partial charge in [0, 0.05) is 0 Å². The standard InChI is InChI=1S/C14H11N2O/c1-2-6-11(7-3-1)10-15-14-16-12-8-4-5-9-13(12)17-14/h1-10H,(H,15,16). The highest BCUT2D eigenvalue weighted by Crippen LogP contribution is 2.18. The zero-order chi connectivity index (χ0) is 11.5. The van der Waals surface area contributed by atoms with Crippen molar-refractivity contribution in [2.75, 3.05) is 5.32 Å². The molecule has 3 rings (SSSR count). The first kappa shape index (κ1) is 9.90. The van der Waals surface area contributed by atoms with E-state index in [9.17, 15) is 0 Å². The highest BCUT2D eigenvalue weighted by molar-refractivity contribution is 5.74. The fourth-order valence-electron chi connectivity index (χ4n) is 1.63. The minimum absolute atomic E-state index is 0.509. The van der Waals surface area contributed by atoms with Gasteiger partial charge in [-0.25, -0.2) is 0 Å². The van der Waals surface area contributed by atoms with Crippen molar-refractivity contribution in [2.24, 2.45) is 0 Å². The highest BCUT2D eigenvalue weighted by Gasteiger charge is 2.03. The fourth-order valence-corrected chi connectivity index (χ4v) is 1.63. The molecule has 17 heavy (non-hydrogen) atoms. The van der Waals surface area contributed by atoms with E-state index < -0.39 is 0 Å². The molecule has 83 valence electrons. The maximum absolute atomic E-state index is 5.54. The van der Waals surface area contributed by atoms with Crippen LogP contribution in [0.3, 0.4) is 0 Å². The Morgan fingerprint density at radius 2 is 1.71 bits per heavy atom. The first-order chi connectivity index (χ1) is 8.42. The quantitative estimate of drug-likeness (QED) is 0.739. The zero-order valence-electron chi connectivity index (χ0n) is 9.13. The molecule has 1 aromatic heterocycles. The third-order valence-electron chi connectivity index (χ3n) is 2.46. The number of hydrogen-bond donors (Lipinski definition) is 1. The SMILES string of the molecule is [CH](Nc1nc2ccccc2o1)c1ccccc1. The predicted octanol–water partition coefficient (Wildman–Crippen LogP) is 3.45. The molecule has 3 heteroatoms. The van der Waals surface area contributed by atoms with Crippen molar-refractivity contribution < 1.29 is 4.42 Å². The largest absolute Gasteiger partial charge is 0.424 e. The van der Waals surface area contributed by atoms with Crippen LogP contribution in [0, 0.1) is 6.54 Å². The third kappa shape index (κ3) is 2.13. The Morgan fingerprint density at radius 1 is 0.941 bits per heavy atom. The second-order valence-corrected chi connectivity index (χ2v) is 3.69. The second kappa shape index (κ2) is 4.29. The van der Waals surface area contributed by atoms with Crippen LogP contribution >= 0.6 is 0 Å². The maximum Gasteiger partial charge on any atom is 0.296 e. The number of hydrogen-bond acceptors (Lipinski definition) is 3. The number of oxazole rings is 1. The normalized spacial score (nSPS) is 10.6. The van der Waals surface area contributed by atoms with E-state index in [1.807, 2.05) is 61.1 Å². The van der Waals surface area contributed by atoms with Crippen LogP contribution < -0.4 is 5.32 Å². The Balaban J connectivity index is 1.77. The molecule has 3 aromatic rings. The van der Waals surface area contributed by atoms with Gasteiger partial charge in [-0.1, -0.05) is 42.5 Å². The number of nitrogens with zero attached hydrogens (tertiary/aromatic N) is 1. The zero-order valence-corrected chi connectivity index (χ0v) is 9.13. The number of anilines is 1. The topological polar surface area (TPSA) is 38.1 Å². The first-order valence-electron chi connectivity index (χ1n) is 5.42. The molecule has 2 aromatic carbocycles. The molecule has 1 heterocycles. The molecule has 0 aliphatic carbocycles. The van der Waals surface area contributed by atoms with E-state index in [0.717, 1.165) is 16.7 Å². The van der Waals surface area contributed by atoms with Crippen molar-refractivity contribution in [3.05, 3.63) is 66.7 Å². The predicted molar refractivity (Wildman–Crippen MR) is 67.5 cm³/mol. The minimum atomic E-state index is 0.509. The minimum Gasteiger partial charge on any atom is -0.424 e. The van der Waals surface area contributed by atoms with E-state index in [2.05, 4.69) is 10.3 Å². The molecular weight excluding hydrogens is 212 g/mol. The van der Waals surface area contributed by atoms with Gasteiger partial charge in [0.15, 0.2) is 5.58 Å². The lowest BCUT2D eigenvalue weighted by atomic mass is 10.2. The summed E-state index contributed by atoms with van der Waals surface area (Å²) in [4.78, 5) is 4.32. The van der Waals surface area contributed by atoms with Gasteiger partial charge in [0.2, 0.25) is 0 Å². The van der Waals surface area contributed by atoms with Crippen LogP contribution in [0.4, 0.5) is 6.01 Å². The van der Waals surface area contributed by atoms with Crippen LogP contribution in [0.2, 0.25) is 0 Å². The van der Waals surface area contributed by atoms with Crippen LogP contribution in [0.15, 0.2) is 59.0 Å². The molecule has 0 amide bonds. The number of aromatic nitrogens is 1. The molecule has 0 fully saturated rings. The molecule has 0 saturated carbocycles. The summed E-state index contributed by atoms with van der Waals surface area (Å²) in [5, 5.41) is 3.05. The van der Waals surface area contributed by atoms with Crippen molar-refractivity contribution in [1.29, 1.82) is 0 Å². The van der Waals surface area contributed by atoms with Crippen LogP contribution in [0.25, 0.3) is 11.1 Å². The molecule has 0 unspecified atom stereocenters. The summed E-state index contributed by atoms with van der Waals surface area (Å²) >= 11 is 0. The van der Waals surface area contributed by atoms with Gasteiger partial charge in [-0.15, -0.1) is 0 Å². The van der Waals surface area contributed by atoms with Gasteiger partial charge in [0.25, 0.3) is 6.01 Å². The van der Waals surface area contributed by atoms with E-state index in [4.69, 9.17) is 4.42 Å². The molecule has 0 aliphatic rings. The van der Waals surface area contributed by atoms with Crippen molar-refractivity contribution in [3.8, 4) is 0 Å². The molecule has 0 atom stereocenters. The van der Waals surface area contributed by atoms with Gasteiger partial charge in [0.05, 0.1) is 6.54 Å². The number of para-hydroxylation sites is 2. The lowest BCUT2D eigenvalue weighted by molar-refractivity contribution is 0.620. The average Bonchev–Trinajstić information content (AvgIpc) is 2.80. The van der Waals surface area contributed by atoms with Crippen LogP contribution in [0.5, 0.6) is 0 Å². The number of benzene rings is 2. The van der Waals surface area contributed by atoms with Crippen molar-refractivity contribution >= 4 is 17.1 Å². The van der Waals surface area contributed by atoms with Crippen molar-refractivity contribution in [2.45, 2.75) is 0 Å². The van der Waals surface area contributed by atoms with Gasteiger partial charge in [-0.3, -0.25) is 0 Å². The Labute approximate surface area is 99.1 Å². The Hall–Kier alpha value is -2.29. The summed E-state index contributed by atoms with van der Waals surface area (Å²) < 4.78 is 5.54. The van der Waals surface area contributed by atoms with Crippen LogP contribution in [-0.2, 0) is 0 Å². The lowest BCUT2D eigenvalue weighted by Gasteiger charge is -1.99. The van der Waals surface area contributed by atoms with Crippen molar-refractivity contribution in [1.82, 2.24) is 4.98 Å². The highest BCUT2D eigenvalue weighted by atomic mass is 16.4. The average molecular weight is 223 g/mol.